The van der Waals surface area contributed by atoms with Crippen molar-refractivity contribution in [1.82, 2.24) is 9.97 Å². The molecule has 0 amide bonds. The van der Waals surface area contributed by atoms with Gasteiger partial charge in [-0.25, -0.2) is 4.98 Å². The van der Waals surface area contributed by atoms with Crippen molar-refractivity contribution < 1.29 is 0 Å². The Hall–Kier alpha value is -1.42. The van der Waals surface area contributed by atoms with E-state index in [1.54, 1.807) is 18.6 Å². The van der Waals surface area contributed by atoms with Crippen molar-refractivity contribution in [2.24, 2.45) is 0 Å². The van der Waals surface area contributed by atoms with Crippen molar-refractivity contribution >= 4 is 27.3 Å². The normalized spacial score (nSPS) is 9.79. The number of nitrogens with one attached hydrogen (secondary N) is 1. The molecule has 0 unspecified atom stereocenters. The number of nitrogens with zero attached hydrogens (tertiary/aromatic N) is 2. The van der Waals surface area contributed by atoms with Crippen LogP contribution in [0.2, 0.25) is 0 Å². The van der Waals surface area contributed by atoms with E-state index < -0.39 is 0 Å². The Morgan fingerprint density at radius 1 is 1.07 bits per heavy atom. The molecule has 2 rings (SSSR count). The minimum Gasteiger partial charge on any atom is -0.353 e. The molecule has 0 spiro atoms. The molecule has 70 valence electrons. The van der Waals surface area contributed by atoms with Gasteiger partial charge in [-0.1, -0.05) is 0 Å². The maximum absolute atomic E-state index is 4.11. The Balaban J connectivity index is 2.16. The zero-order valence-corrected chi connectivity index (χ0v) is 8.90. The Morgan fingerprint density at radius 3 is 2.57 bits per heavy atom. The van der Waals surface area contributed by atoms with E-state index >= 15 is 0 Å². The molecule has 0 aliphatic carbocycles. The van der Waals surface area contributed by atoms with Crippen LogP contribution in [0, 0.1) is 0 Å². The summed E-state index contributed by atoms with van der Waals surface area (Å²) in [5.41, 5.74) is 1.90. The third-order valence-corrected chi connectivity index (χ3v) is 2.15. The smallest absolute Gasteiger partial charge is 0.106 e. The van der Waals surface area contributed by atoms with Crippen LogP contribution in [0.5, 0.6) is 0 Å². The maximum Gasteiger partial charge on any atom is 0.106 e. The first kappa shape index (κ1) is 9.15. The van der Waals surface area contributed by atoms with E-state index in [1.807, 2.05) is 24.3 Å². The van der Waals surface area contributed by atoms with Crippen molar-refractivity contribution in [3.63, 3.8) is 0 Å². The predicted molar refractivity (Wildman–Crippen MR) is 59.5 cm³/mol. The molecule has 0 radical (unpaired) electrons. The summed E-state index contributed by atoms with van der Waals surface area (Å²) in [5.74, 6) is 0. The van der Waals surface area contributed by atoms with E-state index in [-0.39, 0.29) is 0 Å². The SMILES string of the molecule is Brc1ccc(Nc2cccnc2)cn1. The number of aromatic nitrogens is 2. The van der Waals surface area contributed by atoms with E-state index in [0.717, 1.165) is 16.0 Å². The van der Waals surface area contributed by atoms with Gasteiger partial charge >= 0.3 is 0 Å². The highest BCUT2D eigenvalue weighted by molar-refractivity contribution is 9.10. The van der Waals surface area contributed by atoms with E-state index in [4.69, 9.17) is 0 Å². The summed E-state index contributed by atoms with van der Waals surface area (Å²) < 4.78 is 0.828. The quantitative estimate of drug-likeness (QED) is 0.832. The van der Waals surface area contributed by atoms with Gasteiger partial charge in [-0.05, 0) is 40.2 Å². The molecule has 0 atom stereocenters. The summed E-state index contributed by atoms with van der Waals surface area (Å²) in [6, 6.07) is 7.67. The average Bonchev–Trinajstić information content (AvgIpc) is 2.23. The standard InChI is InChI=1S/C10H8BrN3/c11-10-4-3-9(7-13-10)14-8-2-1-5-12-6-8/h1-7,14H. The van der Waals surface area contributed by atoms with E-state index in [0.29, 0.717) is 0 Å². The summed E-state index contributed by atoms with van der Waals surface area (Å²) in [5, 5.41) is 3.19. The fourth-order valence-electron chi connectivity index (χ4n) is 1.05. The number of hydrogen-bond acceptors (Lipinski definition) is 3. The molecule has 2 aromatic rings. The van der Waals surface area contributed by atoms with Gasteiger partial charge in [-0.2, -0.15) is 0 Å². The van der Waals surface area contributed by atoms with E-state index in [1.165, 1.54) is 0 Å². The Morgan fingerprint density at radius 2 is 1.93 bits per heavy atom. The third kappa shape index (κ3) is 2.29. The molecule has 0 saturated heterocycles. The van der Waals surface area contributed by atoms with E-state index in [2.05, 4.69) is 31.2 Å². The van der Waals surface area contributed by atoms with Crippen LogP contribution < -0.4 is 5.32 Å². The number of pyridine rings is 2. The number of rotatable bonds is 2. The lowest BCUT2D eigenvalue weighted by Gasteiger charge is -2.04. The second-order valence-corrected chi connectivity index (χ2v) is 3.55. The van der Waals surface area contributed by atoms with Crippen LogP contribution in [-0.2, 0) is 0 Å². The highest BCUT2D eigenvalue weighted by Gasteiger charge is 1.94. The molecule has 2 aromatic heterocycles. The molecule has 0 aliphatic rings. The monoisotopic (exact) mass is 249 g/mol. The van der Waals surface area contributed by atoms with Crippen molar-refractivity contribution in [2.45, 2.75) is 0 Å². The average molecular weight is 250 g/mol. The highest BCUT2D eigenvalue weighted by atomic mass is 79.9. The first-order valence-electron chi connectivity index (χ1n) is 4.13. The van der Waals surface area contributed by atoms with E-state index in [9.17, 15) is 0 Å². The Kier molecular flexibility index (Phi) is 2.74. The lowest BCUT2D eigenvalue weighted by molar-refractivity contribution is 1.26. The van der Waals surface area contributed by atoms with Crippen molar-refractivity contribution in [3.8, 4) is 0 Å². The van der Waals surface area contributed by atoms with Gasteiger partial charge < -0.3 is 5.32 Å². The number of halogens is 1. The third-order valence-electron chi connectivity index (χ3n) is 1.68. The van der Waals surface area contributed by atoms with Gasteiger partial charge in [0.2, 0.25) is 0 Å². The maximum atomic E-state index is 4.11. The molecule has 4 heteroatoms. The van der Waals surface area contributed by atoms with Gasteiger partial charge in [0.25, 0.3) is 0 Å². The molecule has 0 aliphatic heterocycles. The number of anilines is 2. The van der Waals surface area contributed by atoms with Crippen LogP contribution in [0.25, 0.3) is 0 Å². The molecule has 1 N–H and O–H groups in total. The van der Waals surface area contributed by atoms with Gasteiger partial charge in [0.05, 0.1) is 23.8 Å². The molecule has 0 fully saturated rings. The molecule has 2 heterocycles. The van der Waals surface area contributed by atoms with Gasteiger partial charge in [-0.3, -0.25) is 4.98 Å². The highest BCUT2D eigenvalue weighted by Crippen LogP contribution is 2.15. The summed E-state index contributed by atoms with van der Waals surface area (Å²) >= 11 is 3.28. The fraction of sp³-hybridized carbons (Fsp3) is 0. The summed E-state index contributed by atoms with van der Waals surface area (Å²) in [4.78, 5) is 8.12. The molecule has 0 bridgehead atoms. The Bertz CT molecular complexity index is 399. The predicted octanol–water partition coefficient (Wildman–Crippen LogP) is 2.98. The summed E-state index contributed by atoms with van der Waals surface area (Å²) in [6.07, 6.45) is 5.27. The van der Waals surface area contributed by atoms with Crippen LogP contribution in [0.1, 0.15) is 0 Å². The van der Waals surface area contributed by atoms with Crippen LogP contribution in [0.3, 0.4) is 0 Å². The first-order chi connectivity index (χ1) is 6.84. The zero-order valence-electron chi connectivity index (χ0n) is 7.31. The molecular formula is C10H8BrN3. The molecule has 3 nitrogen and oxygen atoms in total. The second kappa shape index (κ2) is 4.19. The van der Waals surface area contributed by atoms with Crippen LogP contribution >= 0.6 is 15.9 Å². The van der Waals surface area contributed by atoms with Crippen LogP contribution in [-0.4, -0.2) is 9.97 Å². The van der Waals surface area contributed by atoms with Gasteiger partial charge in [-0.15, -0.1) is 0 Å². The van der Waals surface area contributed by atoms with Crippen molar-refractivity contribution in [1.29, 1.82) is 0 Å². The largest absolute Gasteiger partial charge is 0.353 e. The molecular weight excluding hydrogens is 242 g/mol. The van der Waals surface area contributed by atoms with Crippen molar-refractivity contribution in [2.75, 3.05) is 5.32 Å². The lowest BCUT2D eigenvalue weighted by Crippen LogP contribution is -1.90. The Labute approximate surface area is 90.3 Å². The minimum atomic E-state index is 0.828. The lowest BCUT2D eigenvalue weighted by atomic mass is 10.3. The van der Waals surface area contributed by atoms with Crippen molar-refractivity contribution in [3.05, 3.63) is 47.5 Å². The minimum absolute atomic E-state index is 0.828. The van der Waals surface area contributed by atoms with Gasteiger partial charge in [0, 0.05) is 6.20 Å². The zero-order chi connectivity index (χ0) is 9.80. The summed E-state index contributed by atoms with van der Waals surface area (Å²) in [7, 11) is 0. The topological polar surface area (TPSA) is 37.8 Å². The fourth-order valence-corrected chi connectivity index (χ4v) is 1.29. The first-order valence-corrected chi connectivity index (χ1v) is 4.92. The number of hydrogen-bond donors (Lipinski definition) is 1. The van der Waals surface area contributed by atoms with Gasteiger partial charge in [0.15, 0.2) is 0 Å². The molecule has 14 heavy (non-hydrogen) atoms. The summed E-state index contributed by atoms with van der Waals surface area (Å²) in [6.45, 7) is 0. The van der Waals surface area contributed by atoms with Crippen LogP contribution in [0.4, 0.5) is 11.4 Å². The second-order valence-electron chi connectivity index (χ2n) is 2.74. The molecule has 0 saturated carbocycles. The van der Waals surface area contributed by atoms with Crippen LogP contribution in [0.15, 0.2) is 47.5 Å². The molecule has 0 aromatic carbocycles. The van der Waals surface area contributed by atoms with Gasteiger partial charge in [0.1, 0.15) is 4.60 Å².